The van der Waals surface area contributed by atoms with Crippen LogP contribution in [0.5, 0.6) is 5.75 Å². The van der Waals surface area contributed by atoms with Crippen molar-refractivity contribution in [3.8, 4) is 5.75 Å². The van der Waals surface area contributed by atoms with E-state index in [1.54, 1.807) is 5.38 Å². The molecule has 1 aliphatic heterocycles. The molecule has 0 spiro atoms. The van der Waals surface area contributed by atoms with E-state index in [4.69, 9.17) is 4.74 Å². The maximum atomic E-state index is 12.1. The summed E-state index contributed by atoms with van der Waals surface area (Å²) in [6, 6.07) is 2.68. The van der Waals surface area contributed by atoms with Crippen LogP contribution in [-0.2, 0) is 4.74 Å². The monoisotopic (exact) mass is 341 g/mol. The van der Waals surface area contributed by atoms with Crippen LogP contribution in [0.1, 0.15) is 34.4 Å². The van der Waals surface area contributed by atoms with Gasteiger partial charge in [-0.05, 0) is 25.0 Å². The van der Waals surface area contributed by atoms with Crippen molar-refractivity contribution in [1.82, 2.24) is 9.97 Å². The number of carbonyl (C=O) groups is 1. The van der Waals surface area contributed by atoms with E-state index in [0.29, 0.717) is 6.61 Å². The van der Waals surface area contributed by atoms with E-state index < -0.39 is 12.5 Å². The van der Waals surface area contributed by atoms with Crippen LogP contribution in [-0.4, -0.2) is 29.1 Å². The highest BCUT2D eigenvalue weighted by Crippen LogP contribution is 2.30. The Morgan fingerprint density at radius 1 is 1.48 bits per heavy atom. The van der Waals surface area contributed by atoms with Crippen molar-refractivity contribution in [2.75, 3.05) is 11.9 Å². The molecule has 1 saturated heterocycles. The first-order valence-electron chi connectivity index (χ1n) is 6.91. The normalized spacial score (nSPS) is 17.4. The van der Waals surface area contributed by atoms with Crippen LogP contribution in [0.15, 0.2) is 23.7 Å². The number of nitrogens with one attached hydrogen (secondary N) is 1. The number of carbonyl (C=O) groups excluding carboxylic acids is 1. The van der Waals surface area contributed by atoms with Gasteiger partial charge in [0, 0.05) is 12.0 Å². The van der Waals surface area contributed by atoms with Gasteiger partial charge in [0.05, 0.1) is 6.20 Å². The highest BCUT2D eigenvalue weighted by molar-refractivity contribution is 7.09. The Kier molecular flexibility index (Phi) is 4.77. The highest BCUT2D eigenvalue weighted by Gasteiger charge is 2.22. The van der Waals surface area contributed by atoms with E-state index in [1.807, 2.05) is 0 Å². The molecule has 3 heterocycles. The first-order chi connectivity index (χ1) is 11.1. The number of alkyl halides is 2. The van der Waals surface area contributed by atoms with E-state index >= 15 is 0 Å². The number of thiazole rings is 1. The molecule has 1 atom stereocenters. The van der Waals surface area contributed by atoms with Crippen LogP contribution in [0, 0.1) is 0 Å². The number of ether oxygens (including phenoxy) is 2. The fourth-order valence-electron chi connectivity index (χ4n) is 2.12. The smallest absolute Gasteiger partial charge is 0.387 e. The van der Waals surface area contributed by atoms with Crippen molar-refractivity contribution in [2.45, 2.75) is 25.6 Å². The summed E-state index contributed by atoms with van der Waals surface area (Å²) in [5.41, 5.74) is 0.273. The molecular formula is C14H13F2N3O3S. The molecule has 1 fully saturated rings. The summed E-state index contributed by atoms with van der Waals surface area (Å²) in [5, 5.41) is 4.99. The number of pyridine rings is 1. The third-order valence-corrected chi connectivity index (χ3v) is 4.10. The SMILES string of the molecule is O=C(Nc1ccc(OC(F)F)cn1)c1csc(C2CCCO2)n1. The van der Waals surface area contributed by atoms with Gasteiger partial charge in [-0.3, -0.25) is 4.79 Å². The minimum Gasteiger partial charge on any atom is -0.433 e. The third kappa shape index (κ3) is 3.99. The molecule has 0 bridgehead atoms. The van der Waals surface area contributed by atoms with Gasteiger partial charge >= 0.3 is 6.61 Å². The molecule has 0 saturated carbocycles. The van der Waals surface area contributed by atoms with E-state index in [9.17, 15) is 13.6 Å². The molecule has 122 valence electrons. The Balaban J connectivity index is 1.62. The zero-order valence-corrected chi connectivity index (χ0v) is 12.7. The van der Waals surface area contributed by atoms with Crippen LogP contribution < -0.4 is 10.1 Å². The topological polar surface area (TPSA) is 73.3 Å². The highest BCUT2D eigenvalue weighted by atomic mass is 32.1. The Morgan fingerprint density at radius 3 is 3.00 bits per heavy atom. The zero-order valence-electron chi connectivity index (χ0n) is 11.9. The standard InChI is InChI=1S/C14H13F2N3O3S/c15-14(16)22-8-3-4-11(17-6-8)19-12(20)9-7-23-13(18-9)10-2-1-5-21-10/h3-4,6-7,10,14H,1-2,5H2,(H,17,19,20). The first-order valence-corrected chi connectivity index (χ1v) is 7.79. The van der Waals surface area contributed by atoms with Gasteiger partial charge in [0.25, 0.3) is 5.91 Å². The minimum absolute atomic E-state index is 0.0366. The average molecular weight is 341 g/mol. The number of hydrogen-bond donors (Lipinski definition) is 1. The summed E-state index contributed by atoms with van der Waals surface area (Å²) >= 11 is 1.37. The second kappa shape index (κ2) is 6.97. The van der Waals surface area contributed by atoms with E-state index in [0.717, 1.165) is 24.0 Å². The maximum absolute atomic E-state index is 12.1. The molecule has 9 heteroatoms. The minimum atomic E-state index is -2.91. The van der Waals surface area contributed by atoms with Crippen molar-refractivity contribution in [1.29, 1.82) is 0 Å². The maximum Gasteiger partial charge on any atom is 0.387 e. The summed E-state index contributed by atoms with van der Waals surface area (Å²) in [7, 11) is 0. The summed E-state index contributed by atoms with van der Waals surface area (Å²) in [5.74, 6) is -0.267. The summed E-state index contributed by atoms with van der Waals surface area (Å²) in [6.45, 7) is -2.20. The first kappa shape index (κ1) is 15.8. The largest absolute Gasteiger partial charge is 0.433 e. The van der Waals surface area contributed by atoms with Gasteiger partial charge in [-0.2, -0.15) is 8.78 Å². The van der Waals surface area contributed by atoms with Crippen molar-refractivity contribution < 1.29 is 23.0 Å². The molecule has 2 aromatic heterocycles. The fourth-order valence-corrected chi connectivity index (χ4v) is 3.00. The molecule has 1 aliphatic rings. The molecule has 3 rings (SSSR count). The van der Waals surface area contributed by atoms with Gasteiger partial charge < -0.3 is 14.8 Å². The predicted molar refractivity (Wildman–Crippen MR) is 78.9 cm³/mol. The molecule has 1 N–H and O–H groups in total. The molecule has 23 heavy (non-hydrogen) atoms. The summed E-state index contributed by atoms with van der Waals surface area (Å²) in [6.07, 6.45) is 2.97. The van der Waals surface area contributed by atoms with Gasteiger partial charge in [0.2, 0.25) is 0 Å². The van der Waals surface area contributed by atoms with E-state index in [1.165, 1.54) is 23.5 Å². The molecule has 0 radical (unpaired) electrons. The lowest BCUT2D eigenvalue weighted by molar-refractivity contribution is -0.0500. The quantitative estimate of drug-likeness (QED) is 0.904. The van der Waals surface area contributed by atoms with Crippen LogP contribution >= 0.6 is 11.3 Å². The lowest BCUT2D eigenvalue weighted by Crippen LogP contribution is -2.13. The lowest BCUT2D eigenvalue weighted by atomic mass is 10.2. The number of anilines is 1. The number of aromatic nitrogens is 2. The second-order valence-electron chi connectivity index (χ2n) is 4.78. The van der Waals surface area contributed by atoms with Crippen molar-refractivity contribution in [3.63, 3.8) is 0 Å². The van der Waals surface area contributed by atoms with Crippen LogP contribution in [0.25, 0.3) is 0 Å². The predicted octanol–water partition coefficient (Wildman–Crippen LogP) is 3.24. The molecule has 2 aromatic rings. The van der Waals surface area contributed by atoms with Gasteiger partial charge in [0.1, 0.15) is 28.4 Å². The van der Waals surface area contributed by atoms with Crippen molar-refractivity contribution >= 4 is 23.1 Å². The Morgan fingerprint density at radius 2 is 2.35 bits per heavy atom. The molecule has 1 unspecified atom stereocenters. The molecular weight excluding hydrogens is 328 g/mol. The number of rotatable bonds is 5. The number of halogens is 2. The molecule has 6 nitrogen and oxygen atoms in total. The number of amides is 1. The molecule has 1 amide bonds. The molecule has 0 aromatic carbocycles. The van der Waals surface area contributed by atoms with Gasteiger partial charge in [-0.15, -0.1) is 11.3 Å². The Bertz CT molecular complexity index is 672. The van der Waals surface area contributed by atoms with Gasteiger partial charge in [-0.1, -0.05) is 0 Å². The number of hydrogen-bond acceptors (Lipinski definition) is 6. The van der Waals surface area contributed by atoms with Gasteiger partial charge in [-0.25, -0.2) is 9.97 Å². The lowest BCUT2D eigenvalue weighted by Gasteiger charge is -2.06. The zero-order chi connectivity index (χ0) is 16.2. The van der Waals surface area contributed by atoms with Gasteiger partial charge in [0.15, 0.2) is 0 Å². The second-order valence-corrected chi connectivity index (χ2v) is 5.67. The van der Waals surface area contributed by atoms with E-state index in [2.05, 4.69) is 20.0 Å². The van der Waals surface area contributed by atoms with E-state index in [-0.39, 0.29) is 23.4 Å². The number of nitrogens with zero attached hydrogens (tertiary/aromatic N) is 2. The summed E-state index contributed by atoms with van der Waals surface area (Å²) < 4.78 is 33.8. The Hall–Kier alpha value is -2.13. The van der Waals surface area contributed by atoms with Crippen LogP contribution in [0.3, 0.4) is 0 Å². The van der Waals surface area contributed by atoms with Crippen LogP contribution in [0.4, 0.5) is 14.6 Å². The molecule has 0 aliphatic carbocycles. The third-order valence-electron chi connectivity index (χ3n) is 3.16. The average Bonchev–Trinajstić information content (AvgIpc) is 3.19. The summed E-state index contributed by atoms with van der Waals surface area (Å²) in [4.78, 5) is 20.2. The van der Waals surface area contributed by atoms with Crippen molar-refractivity contribution in [3.05, 3.63) is 34.4 Å². The fraction of sp³-hybridized carbons (Fsp3) is 0.357. The van der Waals surface area contributed by atoms with Crippen LogP contribution in [0.2, 0.25) is 0 Å². The Labute approximate surface area is 134 Å². The van der Waals surface area contributed by atoms with Crippen molar-refractivity contribution in [2.24, 2.45) is 0 Å².